The van der Waals surface area contributed by atoms with Crippen LogP contribution in [0.1, 0.15) is 18.2 Å². The highest BCUT2D eigenvalue weighted by Crippen LogP contribution is 2.12. The molecular weight excluding hydrogens is 328 g/mol. The number of aliphatic hydroxyl groups is 1. The number of hydrogen-bond acceptors (Lipinski definition) is 4. The zero-order valence-corrected chi connectivity index (χ0v) is 15.5. The normalized spacial score (nSPS) is 12.5. The van der Waals surface area contributed by atoms with Crippen LogP contribution in [0, 0.1) is 6.92 Å². The number of aromatic nitrogens is 1. The third-order valence-corrected chi connectivity index (χ3v) is 3.64. The molecule has 3 N–H and O–H groups in total. The van der Waals surface area contributed by atoms with Crippen molar-refractivity contribution in [2.75, 3.05) is 26.2 Å². The Morgan fingerprint density at radius 3 is 2.85 bits per heavy atom. The summed E-state index contributed by atoms with van der Waals surface area (Å²) in [4.78, 5) is 8.72. The topological polar surface area (TPSA) is 78.8 Å². The third kappa shape index (κ3) is 7.53. The minimum Gasteiger partial charge on any atom is -0.491 e. The number of aliphatic hydroxyl groups excluding tert-OH is 1. The van der Waals surface area contributed by atoms with Crippen molar-refractivity contribution in [3.8, 4) is 5.75 Å². The molecule has 6 heteroatoms. The first kappa shape index (κ1) is 19.7. The first-order chi connectivity index (χ1) is 12.7. The molecule has 6 nitrogen and oxygen atoms in total. The molecule has 2 aromatic rings. The Morgan fingerprint density at radius 2 is 2.12 bits per heavy atom. The van der Waals surface area contributed by atoms with E-state index in [-0.39, 0.29) is 13.2 Å². The van der Waals surface area contributed by atoms with Crippen LogP contribution in [0.25, 0.3) is 0 Å². The van der Waals surface area contributed by atoms with Crippen molar-refractivity contribution in [2.45, 2.75) is 26.4 Å². The number of nitrogens with zero attached hydrogens (tertiary/aromatic N) is 2. The number of aryl methyl sites for hydroxylation is 1. The average Bonchev–Trinajstić information content (AvgIpc) is 2.65. The van der Waals surface area contributed by atoms with Crippen LogP contribution in [0.5, 0.6) is 5.75 Å². The van der Waals surface area contributed by atoms with Crippen LogP contribution >= 0.6 is 0 Å². The van der Waals surface area contributed by atoms with E-state index in [2.05, 4.69) is 20.6 Å². The molecule has 1 atom stereocenters. The Kier molecular flexibility index (Phi) is 8.42. The first-order valence-electron chi connectivity index (χ1n) is 8.97. The fraction of sp³-hybridized carbons (Fsp3) is 0.400. The molecule has 1 unspecified atom stereocenters. The summed E-state index contributed by atoms with van der Waals surface area (Å²) < 4.78 is 5.61. The maximum atomic E-state index is 10.1. The smallest absolute Gasteiger partial charge is 0.191 e. The number of benzene rings is 1. The van der Waals surface area contributed by atoms with Gasteiger partial charge in [0.15, 0.2) is 5.96 Å². The fourth-order valence-corrected chi connectivity index (χ4v) is 2.34. The molecular formula is C20H28N4O2. The Bertz CT molecular complexity index is 677. The largest absolute Gasteiger partial charge is 0.491 e. The molecule has 0 aliphatic heterocycles. The first-order valence-corrected chi connectivity index (χ1v) is 8.97. The fourth-order valence-electron chi connectivity index (χ4n) is 2.34. The summed E-state index contributed by atoms with van der Waals surface area (Å²) in [6.07, 6.45) is 1.94. The van der Waals surface area contributed by atoms with E-state index in [0.717, 1.165) is 36.5 Å². The summed E-state index contributed by atoms with van der Waals surface area (Å²) in [6.45, 7) is 5.97. The van der Waals surface area contributed by atoms with Crippen LogP contribution in [0.2, 0.25) is 0 Å². The lowest BCUT2D eigenvalue weighted by atomic mass is 10.2. The molecule has 0 radical (unpaired) electrons. The highest BCUT2D eigenvalue weighted by molar-refractivity contribution is 5.79. The number of pyridine rings is 1. The molecule has 0 bridgehead atoms. The summed E-state index contributed by atoms with van der Waals surface area (Å²) in [5.74, 6) is 1.44. The van der Waals surface area contributed by atoms with E-state index < -0.39 is 6.10 Å². The van der Waals surface area contributed by atoms with Gasteiger partial charge in [-0.1, -0.05) is 18.2 Å². The second-order valence-corrected chi connectivity index (χ2v) is 6.00. The minimum atomic E-state index is -0.665. The van der Waals surface area contributed by atoms with Gasteiger partial charge in [0.1, 0.15) is 18.5 Å². The van der Waals surface area contributed by atoms with E-state index in [9.17, 15) is 5.11 Å². The predicted octanol–water partition coefficient (Wildman–Crippen LogP) is 1.93. The lowest BCUT2D eigenvalue weighted by Gasteiger charge is -2.14. The van der Waals surface area contributed by atoms with Crippen LogP contribution in [-0.4, -0.2) is 48.4 Å². The standard InChI is InChI=1S/C20H28N4O2/c1-3-21-20(23-12-10-17-8-4-5-11-22-17)24-14-18(25)15-26-19-9-6-7-16(2)13-19/h4-9,11,13,18,25H,3,10,12,14-15H2,1-2H3,(H2,21,23,24). The molecule has 140 valence electrons. The lowest BCUT2D eigenvalue weighted by molar-refractivity contribution is 0.114. The van der Waals surface area contributed by atoms with Gasteiger partial charge in [-0.25, -0.2) is 0 Å². The maximum Gasteiger partial charge on any atom is 0.191 e. The molecule has 2 rings (SSSR count). The quantitative estimate of drug-likeness (QED) is 0.473. The van der Waals surface area contributed by atoms with E-state index >= 15 is 0 Å². The average molecular weight is 356 g/mol. The van der Waals surface area contributed by atoms with Gasteiger partial charge in [-0.05, 0) is 43.7 Å². The van der Waals surface area contributed by atoms with Crippen molar-refractivity contribution in [2.24, 2.45) is 4.99 Å². The molecule has 0 amide bonds. The van der Waals surface area contributed by atoms with Crippen LogP contribution in [-0.2, 0) is 6.42 Å². The van der Waals surface area contributed by atoms with Crippen LogP contribution < -0.4 is 15.4 Å². The number of ether oxygens (including phenoxy) is 1. The summed E-state index contributed by atoms with van der Waals surface area (Å²) >= 11 is 0. The molecule has 26 heavy (non-hydrogen) atoms. The van der Waals surface area contributed by atoms with Crippen LogP contribution in [0.4, 0.5) is 0 Å². The molecule has 1 heterocycles. The second-order valence-electron chi connectivity index (χ2n) is 6.00. The summed E-state index contributed by atoms with van der Waals surface area (Å²) in [7, 11) is 0. The van der Waals surface area contributed by atoms with Gasteiger partial charge < -0.3 is 20.5 Å². The van der Waals surface area contributed by atoms with Gasteiger partial charge in [0.2, 0.25) is 0 Å². The highest BCUT2D eigenvalue weighted by atomic mass is 16.5. The van der Waals surface area contributed by atoms with Crippen molar-refractivity contribution in [3.63, 3.8) is 0 Å². The van der Waals surface area contributed by atoms with Gasteiger partial charge >= 0.3 is 0 Å². The Labute approximate surface area is 155 Å². The number of hydrogen-bond donors (Lipinski definition) is 3. The number of guanidine groups is 1. The summed E-state index contributed by atoms with van der Waals surface area (Å²) in [5, 5.41) is 16.5. The molecule has 1 aromatic carbocycles. The molecule has 0 saturated heterocycles. The van der Waals surface area contributed by atoms with Crippen molar-refractivity contribution in [1.82, 2.24) is 15.6 Å². The Hall–Kier alpha value is -2.60. The van der Waals surface area contributed by atoms with Crippen molar-refractivity contribution >= 4 is 5.96 Å². The zero-order valence-electron chi connectivity index (χ0n) is 15.5. The van der Waals surface area contributed by atoms with Gasteiger partial charge in [0.05, 0.1) is 6.54 Å². The lowest BCUT2D eigenvalue weighted by Crippen LogP contribution is -2.39. The molecule has 0 spiro atoms. The van der Waals surface area contributed by atoms with E-state index in [1.807, 2.05) is 56.3 Å². The van der Waals surface area contributed by atoms with Gasteiger partial charge in [0.25, 0.3) is 0 Å². The van der Waals surface area contributed by atoms with Gasteiger partial charge in [-0.3, -0.25) is 9.98 Å². The second kappa shape index (κ2) is 11.1. The van der Waals surface area contributed by atoms with E-state index in [0.29, 0.717) is 5.96 Å². The Balaban J connectivity index is 1.75. The van der Waals surface area contributed by atoms with E-state index in [1.165, 1.54) is 0 Å². The summed E-state index contributed by atoms with van der Waals surface area (Å²) in [5.41, 5.74) is 2.16. The minimum absolute atomic E-state index is 0.209. The summed E-state index contributed by atoms with van der Waals surface area (Å²) in [6, 6.07) is 13.6. The molecule has 0 aliphatic rings. The highest BCUT2D eigenvalue weighted by Gasteiger charge is 2.06. The predicted molar refractivity (Wildman–Crippen MR) is 105 cm³/mol. The number of aliphatic imine (C=N–C) groups is 1. The van der Waals surface area contributed by atoms with Crippen molar-refractivity contribution in [3.05, 3.63) is 59.9 Å². The van der Waals surface area contributed by atoms with Gasteiger partial charge in [-0.2, -0.15) is 0 Å². The number of nitrogens with one attached hydrogen (secondary N) is 2. The van der Waals surface area contributed by atoms with Crippen LogP contribution in [0.3, 0.4) is 0 Å². The third-order valence-electron chi connectivity index (χ3n) is 3.64. The van der Waals surface area contributed by atoms with Gasteiger partial charge in [0, 0.05) is 31.4 Å². The molecule has 0 aliphatic carbocycles. The number of rotatable bonds is 9. The molecule has 0 saturated carbocycles. The molecule has 1 aromatic heterocycles. The van der Waals surface area contributed by atoms with Gasteiger partial charge in [-0.15, -0.1) is 0 Å². The SMILES string of the molecule is CCNC(=NCC(O)COc1cccc(C)c1)NCCc1ccccn1. The van der Waals surface area contributed by atoms with Crippen molar-refractivity contribution < 1.29 is 9.84 Å². The monoisotopic (exact) mass is 356 g/mol. The molecule has 0 fully saturated rings. The maximum absolute atomic E-state index is 10.1. The Morgan fingerprint density at radius 1 is 1.23 bits per heavy atom. The van der Waals surface area contributed by atoms with Crippen molar-refractivity contribution in [1.29, 1.82) is 0 Å². The van der Waals surface area contributed by atoms with E-state index in [1.54, 1.807) is 6.20 Å². The van der Waals surface area contributed by atoms with Crippen LogP contribution in [0.15, 0.2) is 53.7 Å². The zero-order chi connectivity index (χ0) is 18.6. The van der Waals surface area contributed by atoms with E-state index in [4.69, 9.17) is 4.74 Å².